The Morgan fingerprint density at radius 3 is 2.40 bits per heavy atom. The topological polar surface area (TPSA) is 9.23 Å². The fourth-order valence-electron chi connectivity index (χ4n) is 1.97. The fraction of sp³-hybridized carbons (Fsp3) is 0.333. The number of thioether (sulfide) groups is 1. The summed E-state index contributed by atoms with van der Waals surface area (Å²) in [6.45, 7) is 2.97. The molecule has 106 valence electrons. The quantitative estimate of drug-likeness (QED) is 0.487. The molecule has 0 heterocycles. The first-order valence-corrected chi connectivity index (χ1v) is 8.26. The summed E-state index contributed by atoms with van der Waals surface area (Å²) in [6, 6.07) is 19.0. The number of rotatable bonds is 8. The average Bonchev–Trinajstić information content (AvgIpc) is 2.52. The van der Waals surface area contributed by atoms with Crippen LogP contribution < -0.4 is 4.74 Å². The van der Waals surface area contributed by atoms with Crippen LogP contribution in [0.3, 0.4) is 0 Å². The first-order chi connectivity index (χ1) is 9.88. The summed E-state index contributed by atoms with van der Waals surface area (Å²) in [5, 5.41) is 0. The largest absolute Gasteiger partial charge is 0.493 e. The van der Waals surface area contributed by atoms with Crippen LogP contribution in [-0.4, -0.2) is 12.4 Å². The molecule has 2 aromatic rings. The monoisotopic (exact) mass is 286 g/mol. The van der Waals surface area contributed by atoms with Gasteiger partial charge in [-0.3, -0.25) is 0 Å². The van der Waals surface area contributed by atoms with Gasteiger partial charge < -0.3 is 4.74 Å². The zero-order chi connectivity index (χ0) is 14.0. The van der Waals surface area contributed by atoms with Crippen molar-refractivity contribution >= 4 is 11.8 Å². The molecule has 0 fully saturated rings. The van der Waals surface area contributed by atoms with Gasteiger partial charge in [0.2, 0.25) is 0 Å². The molecule has 0 aromatic heterocycles. The standard InChI is InChI=1S/C18H22OS/c1-2-3-7-16-10-12-17(13-11-16)19-14-15-20-18-8-5-4-6-9-18/h4-6,8-13H,2-3,7,14-15H2,1H3. The summed E-state index contributed by atoms with van der Waals surface area (Å²) < 4.78 is 5.77. The van der Waals surface area contributed by atoms with E-state index in [1.54, 1.807) is 0 Å². The molecular formula is C18H22OS. The number of hydrogen-bond acceptors (Lipinski definition) is 2. The third kappa shape index (κ3) is 5.30. The van der Waals surface area contributed by atoms with Crippen molar-refractivity contribution < 1.29 is 4.74 Å². The van der Waals surface area contributed by atoms with Crippen LogP contribution in [0, 0.1) is 0 Å². The lowest BCUT2D eigenvalue weighted by Gasteiger charge is -2.07. The molecular weight excluding hydrogens is 264 g/mol. The van der Waals surface area contributed by atoms with Crippen LogP contribution in [0.4, 0.5) is 0 Å². The Morgan fingerprint density at radius 2 is 1.70 bits per heavy atom. The smallest absolute Gasteiger partial charge is 0.119 e. The number of benzene rings is 2. The van der Waals surface area contributed by atoms with Crippen LogP contribution in [0.15, 0.2) is 59.5 Å². The minimum Gasteiger partial charge on any atom is -0.493 e. The van der Waals surface area contributed by atoms with E-state index in [1.807, 2.05) is 17.8 Å². The van der Waals surface area contributed by atoms with Crippen molar-refractivity contribution in [1.82, 2.24) is 0 Å². The Kier molecular flexibility index (Phi) is 6.52. The molecule has 0 bridgehead atoms. The highest BCUT2D eigenvalue weighted by Gasteiger charge is 1.97. The van der Waals surface area contributed by atoms with Crippen molar-refractivity contribution in [3.63, 3.8) is 0 Å². The molecule has 2 heteroatoms. The number of unbranched alkanes of at least 4 members (excludes halogenated alkanes) is 1. The van der Waals surface area contributed by atoms with Gasteiger partial charge in [-0.15, -0.1) is 11.8 Å². The van der Waals surface area contributed by atoms with Crippen LogP contribution in [0.2, 0.25) is 0 Å². The van der Waals surface area contributed by atoms with Gasteiger partial charge in [-0.1, -0.05) is 43.7 Å². The third-order valence-electron chi connectivity index (χ3n) is 3.11. The maximum atomic E-state index is 5.77. The Morgan fingerprint density at radius 1 is 0.950 bits per heavy atom. The van der Waals surface area contributed by atoms with E-state index in [9.17, 15) is 0 Å². The summed E-state index contributed by atoms with van der Waals surface area (Å²) in [7, 11) is 0. The lowest BCUT2D eigenvalue weighted by atomic mass is 10.1. The molecule has 0 saturated carbocycles. The SMILES string of the molecule is CCCCc1ccc(OCCSc2ccccc2)cc1. The molecule has 0 aliphatic carbocycles. The van der Waals surface area contributed by atoms with Crippen molar-refractivity contribution in [1.29, 1.82) is 0 Å². The molecule has 2 aromatic carbocycles. The number of aryl methyl sites for hydroxylation is 1. The van der Waals surface area contributed by atoms with Crippen LogP contribution >= 0.6 is 11.8 Å². The Labute approximate surface area is 126 Å². The van der Waals surface area contributed by atoms with E-state index in [0.29, 0.717) is 0 Å². The van der Waals surface area contributed by atoms with Crippen molar-refractivity contribution in [2.45, 2.75) is 31.1 Å². The van der Waals surface area contributed by atoms with Crippen LogP contribution in [-0.2, 0) is 6.42 Å². The minimum atomic E-state index is 0.744. The second kappa shape index (κ2) is 8.70. The van der Waals surface area contributed by atoms with Crippen LogP contribution in [0.5, 0.6) is 5.75 Å². The van der Waals surface area contributed by atoms with Crippen LogP contribution in [0.1, 0.15) is 25.3 Å². The molecule has 0 saturated heterocycles. The highest BCUT2D eigenvalue weighted by molar-refractivity contribution is 7.99. The van der Waals surface area contributed by atoms with E-state index in [-0.39, 0.29) is 0 Å². The molecule has 0 atom stereocenters. The molecule has 1 nitrogen and oxygen atoms in total. The average molecular weight is 286 g/mol. The maximum absolute atomic E-state index is 5.77. The van der Waals surface area contributed by atoms with E-state index in [2.05, 4.69) is 55.5 Å². The van der Waals surface area contributed by atoms with Gasteiger partial charge in [0.15, 0.2) is 0 Å². The van der Waals surface area contributed by atoms with Gasteiger partial charge in [0.05, 0.1) is 6.61 Å². The van der Waals surface area contributed by atoms with Crippen molar-refractivity contribution in [3.8, 4) is 5.75 Å². The van der Waals surface area contributed by atoms with Crippen LogP contribution in [0.25, 0.3) is 0 Å². The number of ether oxygens (including phenoxy) is 1. The lowest BCUT2D eigenvalue weighted by molar-refractivity contribution is 0.344. The number of hydrogen-bond donors (Lipinski definition) is 0. The fourth-order valence-corrected chi connectivity index (χ4v) is 2.72. The van der Waals surface area contributed by atoms with Gasteiger partial charge in [0, 0.05) is 10.6 Å². The molecule has 20 heavy (non-hydrogen) atoms. The predicted octanol–water partition coefficient (Wildman–Crippen LogP) is 5.20. The molecule has 0 radical (unpaired) electrons. The first kappa shape index (κ1) is 15.0. The van der Waals surface area contributed by atoms with E-state index < -0.39 is 0 Å². The molecule has 0 unspecified atom stereocenters. The predicted molar refractivity (Wildman–Crippen MR) is 87.7 cm³/mol. The summed E-state index contributed by atoms with van der Waals surface area (Å²) >= 11 is 1.83. The molecule has 0 spiro atoms. The third-order valence-corrected chi connectivity index (χ3v) is 4.08. The summed E-state index contributed by atoms with van der Waals surface area (Å²) in [5.41, 5.74) is 1.40. The van der Waals surface area contributed by atoms with E-state index in [4.69, 9.17) is 4.74 Å². The Hall–Kier alpha value is -1.41. The van der Waals surface area contributed by atoms with E-state index >= 15 is 0 Å². The summed E-state index contributed by atoms with van der Waals surface area (Å²) in [6.07, 6.45) is 3.67. The zero-order valence-corrected chi connectivity index (χ0v) is 12.9. The maximum Gasteiger partial charge on any atom is 0.119 e. The van der Waals surface area contributed by atoms with E-state index in [1.165, 1.54) is 29.7 Å². The highest BCUT2D eigenvalue weighted by Crippen LogP contribution is 2.18. The van der Waals surface area contributed by atoms with Gasteiger partial charge in [0.25, 0.3) is 0 Å². The molecule has 0 aliphatic rings. The minimum absolute atomic E-state index is 0.744. The Bertz CT molecular complexity index is 479. The zero-order valence-electron chi connectivity index (χ0n) is 12.0. The van der Waals surface area contributed by atoms with Gasteiger partial charge in [-0.2, -0.15) is 0 Å². The Balaban J connectivity index is 1.69. The first-order valence-electron chi connectivity index (χ1n) is 7.28. The summed E-state index contributed by atoms with van der Waals surface area (Å²) in [4.78, 5) is 1.30. The van der Waals surface area contributed by atoms with E-state index in [0.717, 1.165) is 18.1 Å². The highest BCUT2D eigenvalue weighted by atomic mass is 32.2. The van der Waals surface area contributed by atoms with Gasteiger partial charge in [-0.25, -0.2) is 0 Å². The summed E-state index contributed by atoms with van der Waals surface area (Å²) in [5.74, 6) is 1.95. The normalized spacial score (nSPS) is 10.4. The molecule has 0 aliphatic heterocycles. The van der Waals surface area contributed by atoms with Gasteiger partial charge in [-0.05, 0) is 42.7 Å². The molecule has 2 rings (SSSR count). The van der Waals surface area contributed by atoms with Crippen molar-refractivity contribution in [2.24, 2.45) is 0 Å². The lowest BCUT2D eigenvalue weighted by Crippen LogP contribution is -2.00. The van der Waals surface area contributed by atoms with Crippen molar-refractivity contribution in [3.05, 3.63) is 60.2 Å². The molecule has 0 N–H and O–H groups in total. The van der Waals surface area contributed by atoms with Gasteiger partial charge in [0.1, 0.15) is 5.75 Å². The van der Waals surface area contributed by atoms with Crippen molar-refractivity contribution in [2.75, 3.05) is 12.4 Å². The van der Waals surface area contributed by atoms with Gasteiger partial charge >= 0.3 is 0 Å². The molecule has 0 amide bonds. The second-order valence-corrected chi connectivity index (χ2v) is 5.93. The second-order valence-electron chi connectivity index (χ2n) is 4.76.